The van der Waals surface area contributed by atoms with Crippen molar-refractivity contribution < 1.29 is 9.90 Å². The third-order valence-electron chi connectivity index (χ3n) is 2.85. The lowest BCUT2D eigenvalue weighted by Gasteiger charge is -2.27. The van der Waals surface area contributed by atoms with Crippen molar-refractivity contribution in [2.75, 3.05) is 4.90 Å². The number of aromatic nitrogens is 1. The van der Waals surface area contributed by atoms with Gasteiger partial charge < -0.3 is 10.0 Å². The van der Waals surface area contributed by atoms with Crippen LogP contribution in [0.15, 0.2) is 29.6 Å². The fourth-order valence-electron chi connectivity index (χ4n) is 1.85. The van der Waals surface area contributed by atoms with Gasteiger partial charge in [0.25, 0.3) is 0 Å². The zero-order chi connectivity index (χ0) is 14.7. The molecule has 2 aromatic heterocycles. The Morgan fingerprint density at radius 2 is 2.25 bits per heavy atom. The second-order valence-corrected chi connectivity index (χ2v) is 6.06. The molecule has 0 saturated carbocycles. The summed E-state index contributed by atoms with van der Waals surface area (Å²) in [5.74, 6) is -0.423. The molecule has 106 valence electrons. The van der Waals surface area contributed by atoms with Gasteiger partial charge in [-0.3, -0.25) is 0 Å². The predicted molar refractivity (Wildman–Crippen MR) is 81.8 cm³/mol. The van der Waals surface area contributed by atoms with Crippen LogP contribution in [0.3, 0.4) is 0 Å². The predicted octanol–water partition coefficient (Wildman–Crippen LogP) is 3.91. The van der Waals surface area contributed by atoms with Crippen LogP contribution < -0.4 is 4.90 Å². The maximum Gasteiger partial charge on any atom is 0.335 e. The molecule has 0 radical (unpaired) electrons. The van der Waals surface area contributed by atoms with Crippen LogP contribution in [0.2, 0.25) is 5.15 Å². The topological polar surface area (TPSA) is 53.4 Å². The lowest BCUT2D eigenvalue weighted by atomic mass is 10.2. The average Bonchev–Trinajstić information content (AvgIpc) is 2.87. The molecular weight excluding hydrogens is 296 g/mol. The molecule has 0 saturated heterocycles. The molecule has 20 heavy (non-hydrogen) atoms. The molecule has 0 fully saturated rings. The van der Waals surface area contributed by atoms with Gasteiger partial charge in [-0.15, -0.1) is 11.3 Å². The smallest absolute Gasteiger partial charge is 0.335 e. The summed E-state index contributed by atoms with van der Waals surface area (Å²) in [5, 5.41) is 11.3. The van der Waals surface area contributed by atoms with E-state index in [1.54, 1.807) is 17.4 Å². The van der Waals surface area contributed by atoms with Crippen molar-refractivity contribution in [2.24, 2.45) is 0 Å². The number of carboxylic acid groups (broad SMARTS) is 1. The molecule has 0 atom stereocenters. The number of hydrogen-bond donors (Lipinski definition) is 1. The lowest BCUT2D eigenvalue weighted by Crippen LogP contribution is -2.30. The second-order valence-electron chi connectivity index (χ2n) is 4.64. The zero-order valence-corrected chi connectivity index (χ0v) is 12.8. The summed E-state index contributed by atoms with van der Waals surface area (Å²) < 4.78 is 0. The molecule has 2 heterocycles. The number of aromatic carboxylic acids is 1. The van der Waals surface area contributed by atoms with Gasteiger partial charge in [0.05, 0.1) is 12.1 Å². The summed E-state index contributed by atoms with van der Waals surface area (Å²) >= 11 is 7.59. The average molecular weight is 311 g/mol. The molecule has 0 aliphatic carbocycles. The Morgan fingerprint density at radius 1 is 1.50 bits per heavy atom. The highest BCUT2D eigenvalue weighted by atomic mass is 35.5. The highest BCUT2D eigenvalue weighted by molar-refractivity contribution is 7.09. The van der Waals surface area contributed by atoms with E-state index in [1.807, 2.05) is 36.3 Å². The standard InChI is InChI=1S/C14H15ClN2O2S/c1-9(2)17(8-11-4-3-5-20-11)13-7-10(14(18)19)6-12(15)16-13/h3-7,9H,8H2,1-2H3,(H,18,19). The molecule has 0 spiro atoms. The van der Waals surface area contributed by atoms with Crippen LogP contribution in [0.1, 0.15) is 29.1 Å². The minimum Gasteiger partial charge on any atom is -0.478 e. The monoisotopic (exact) mass is 310 g/mol. The first kappa shape index (κ1) is 14.8. The first-order valence-electron chi connectivity index (χ1n) is 6.17. The molecular formula is C14H15ClN2O2S. The van der Waals surface area contributed by atoms with Gasteiger partial charge in [0.1, 0.15) is 11.0 Å². The molecule has 2 rings (SSSR count). The lowest BCUT2D eigenvalue weighted by molar-refractivity contribution is 0.0696. The largest absolute Gasteiger partial charge is 0.478 e. The van der Waals surface area contributed by atoms with E-state index in [4.69, 9.17) is 16.7 Å². The van der Waals surface area contributed by atoms with Crippen LogP contribution in [0.25, 0.3) is 0 Å². The number of hydrogen-bond acceptors (Lipinski definition) is 4. The van der Waals surface area contributed by atoms with Gasteiger partial charge in [0, 0.05) is 10.9 Å². The SMILES string of the molecule is CC(C)N(Cc1cccs1)c1cc(C(=O)O)cc(Cl)n1. The Balaban J connectivity index is 2.36. The van der Waals surface area contributed by atoms with E-state index in [0.717, 1.165) is 0 Å². The summed E-state index contributed by atoms with van der Waals surface area (Å²) in [5.41, 5.74) is 0.150. The molecule has 0 bridgehead atoms. The molecule has 4 nitrogen and oxygen atoms in total. The number of carbonyl (C=O) groups is 1. The van der Waals surface area contributed by atoms with Crippen LogP contribution in [0, 0.1) is 0 Å². The summed E-state index contributed by atoms with van der Waals surface area (Å²) in [6.07, 6.45) is 0. The Kier molecular flexibility index (Phi) is 4.62. The molecule has 6 heteroatoms. The van der Waals surface area contributed by atoms with Crippen molar-refractivity contribution in [1.82, 2.24) is 4.98 Å². The third-order valence-corrected chi connectivity index (χ3v) is 3.91. The van der Waals surface area contributed by atoms with E-state index in [0.29, 0.717) is 12.4 Å². The highest BCUT2D eigenvalue weighted by Crippen LogP contribution is 2.23. The minimum absolute atomic E-state index is 0.150. The van der Waals surface area contributed by atoms with Crippen LogP contribution in [0.4, 0.5) is 5.82 Å². The first-order valence-corrected chi connectivity index (χ1v) is 7.43. The van der Waals surface area contributed by atoms with E-state index < -0.39 is 5.97 Å². The van der Waals surface area contributed by atoms with Crippen molar-refractivity contribution in [3.05, 3.63) is 45.2 Å². The van der Waals surface area contributed by atoms with Crippen LogP contribution >= 0.6 is 22.9 Å². The van der Waals surface area contributed by atoms with Crippen molar-refractivity contribution in [3.63, 3.8) is 0 Å². The second kappa shape index (κ2) is 6.24. The third kappa shape index (κ3) is 3.49. The quantitative estimate of drug-likeness (QED) is 0.851. The summed E-state index contributed by atoms with van der Waals surface area (Å²) in [4.78, 5) is 18.6. The van der Waals surface area contributed by atoms with E-state index in [-0.39, 0.29) is 16.8 Å². The molecule has 0 amide bonds. The van der Waals surface area contributed by atoms with Crippen LogP contribution in [-0.2, 0) is 6.54 Å². The van der Waals surface area contributed by atoms with Gasteiger partial charge in [0.15, 0.2) is 0 Å². The van der Waals surface area contributed by atoms with Crippen molar-refractivity contribution >= 4 is 34.7 Å². The molecule has 0 aliphatic heterocycles. The van der Waals surface area contributed by atoms with Gasteiger partial charge in [-0.2, -0.15) is 0 Å². The molecule has 0 unspecified atom stereocenters. The zero-order valence-electron chi connectivity index (χ0n) is 11.2. The number of thiophene rings is 1. The Labute approximate surface area is 126 Å². The number of carboxylic acids is 1. The van der Waals surface area contributed by atoms with Crippen molar-refractivity contribution in [3.8, 4) is 0 Å². The van der Waals surface area contributed by atoms with Crippen molar-refractivity contribution in [1.29, 1.82) is 0 Å². The Bertz CT molecular complexity index is 599. The van der Waals surface area contributed by atoms with Gasteiger partial charge in [-0.1, -0.05) is 17.7 Å². The fraction of sp³-hybridized carbons (Fsp3) is 0.286. The number of nitrogens with zero attached hydrogens (tertiary/aromatic N) is 2. The number of anilines is 1. The normalized spacial score (nSPS) is 10.8. The number of rotatable bonds is 5. The Hall–Kier alpha value is -1.59. The molecule has 2 aromatic rings. The minimum atomic E-state index is -1.00. The number of pyridine rings is 1. The van der Waals surface area contributed by atoms with E-state index in [2.05, 4.69) is 4.98 Å². The first-order chi connectivity index (χ1) is 9.47. The van der Waals surface area contributed by atoms with Gasteiger partial charge >= 0.3 is 5.97 Å². The number of halogens is 1. The highest BCUT2D eigenvalue weighted by Gasteiger charge is 2.16. The van der Waals surface area contributed by atoms with Gasteiger partial charge in [-0.05, 0) is 37.4 Å². The molecule has 0 aromatic carbocycles. The van der Waals surface area contributed by atoms with Crippen LogP contribution in [-0.4, -0.2) is 22.1 Å². The maximum absolute atomic E-state index is 11.1. The van der Waals surface area contributed by atoms with E-state index >= 15 is 0 Å². The van der Waals surface area contributed by atoms with E-state index in [1.165, 1.54) is 10.9 Å². The molecule has 1 N–H and O–H groups in total. The summed E-state index contributed by atoms with van der Waals surface area (Å²) in [6.45, 7) is 4.76. The Morgan fingerprint density at radius 3 is 2.80 bits per heavy atom. The molecule has 0 aliphatic rings. The summed E-state index contributed by atoms with van der Waals surface area (Å²) in [7, 11) is 0. The van der Waals surface area contributed by atoms with Gasteiger partial charge in [0.2, 0.25) is 0 Å². The van der Waals surface area contributed by atoms with Crippen molar-refractivity contribution in [2.45, 2.75) is 26.4 Å². The fourth-order valence-corrected chi connectivity index (χ4v) is 2.76. The van der Waals surface area contributed by atoms with Gasteiger partial charge in [-0.25, -0.2) is 9.78 Å². The van der Waals surface area contributed by atoms with E-state index in [9.17, 15) is 4.79 Å². The summed E-state index contributed by atoms with van der Waals surface area (Å²) in [6, 6.07) is 7.14. The maximum atomic E-state index is 11.1. The van der Waals surface area contributed by atoms with Crippen LogP contribution in [0.5, 0.6) is 0 Å².